The van der Waals surface area contributed by atoms with Gasteiger partial charge in [-0.1, -0.05) is 98.9 Å². The summed E-state index contributed by atoms with van der Waals surface area (Å²) in [6.45, 7) is 7.67. The van der Waals surface area contributed by atoms with Gasteiger partial charge in [0.05, 0.1) is 85.5 Å². The van der Waals surface area contributed by atoms with Gasteiger partial charge in [-0.15, -0.1) is 0 Å². The van der Waals surface area contributed by atoms with Crippen LogP contribution in [-0.4, -0.2) is 181 Å². The molecule has 0 aromatic rings. The molecular formula is C51H83N3O16. The Morgan fingerprint density at radius 3 is 1.91 bits per heavy atom. The number of carbonyl (C=O) groups is 2. The fourth-order valence-electron chi connectivity index (χ4n) is 8.58. The zero-order chi connectivity index (χ0) is 52.0. The molecule has 14 N–H and O–H groups in total. The smallest absolute Gasteiger partial charge is 0.308 e. The summed E-state index contributed by atoms with van der Waals surface area (Å²) in [5.74, 6) is -5.53. The molecule has 19 atom stereocenters. The first-order chi connectivity index (χ1) is 33.2. The zero-order valence-corrected chi connectivity index (χ0v) is 41.3. The first-order valence-corrected chi connectivity index (χ1v) is 24.6. The fraction of sp³-hybridized carbons (Fsp3) is 0.686. The average Bonchev–Trinajstić information content (AvgIpc) is 3.29. The van der Waals surface area contributed by atoms with Crippen molar-refractivity contribution in [3.63, 3.8) is 0 Å². The largest absolute Gasteiger partial charge is 0.462 e. The van der Waals surface area contributed by atoms with E-state index in [1.807, 2.05) is 49.5 Å². The van der Waals surface area contributed by atoms with Crippen LogP contribution >= 0.6 is 0 Å². The molecule has 19 heteroatoms. The van der Waals surface area contributed by atoms with Crippen molar-refractivity contribution in [3.8, 4) is 0 Å². The molecule has 1 amide bonds. The van der Waals surface area contributed by atoms with E-state index in [-0.39, 0.29) is 38.1 Å². The summed E-state index contributed by atoms with van der Waals surface area (Å²) in [5.41, 5.74) is 6.11. The summed E-state index contributed by atoms with van der Waals surface area (Å²) in [6.07, 6.45) is 5.51. The van der Waals surface area contributed by atoms with Gasteiger partial charge in [-0.3, -0.25) is 9.59 Å². The third kappa shape index (κ3) is 20.9. The topological polar surface area (TPSA) is 323 Å². The van der Waals surface area contributed by atoms with Gasteiger partial charge < -0.3 is 86.4 Å². The second kappa shape index (κ2) is 31.2. The number of hydrogen-bond acceptors (Lipinski definition) is 18. The Hall–Kier alpha value is -3.48. The van der Waals surface area contributed by atoms with E-state index in [0.29, 0.717) is 13.0 Å². The Morgan fingerprint density at radius 1 is 0.700 bits per heavy atom. The third-order valence-corrected chi connectivity index (χ3v) is 12.9. The maximum Gasteiger partial charge on any atom is 0.308 e. The van der Waals surface area contributed by atoms with Crippen molar-refractivity contribution in [3.05, 3.63) is 85.1 Å². The molecule has 0 aliphatic carbocycles. The number of aliphatic hydroxyl groups is 10. The van der Waals surface area contributed by atoms with Gasteiger partial charge in [0.2, 0.25) is 5.91 Å². The number of allylic oxidation sites excluding steroid dienone is 12. The minimum atomic E-state index is -2.26. The van der Waals surface area contributed by atoms with Gasteiger partial charge in [0.15, 0.2) is 12.1 Å². The fourth-order valence-corrected chi connectivity index (χ4v) is 8.58. The Kier molecular flexibility index (Phi) is 27.1. The molecule has 398 valence electrons. The average molecular weight is 994 g/mol. The highest BCUT2D eigenvalue weighted by Gasteiger charge is 2.51. The Labute approximate surface area is 412 Å². The number of amides is 1. The van der Waals surface area contributed by atoms with Crippen LogP contribution in [0.4, 0.5) is 0 Å². The van der Waals surface area contributed by atoms with Crippen molar-refractivity contribution in [2.45, 2.75) is 183 Å². The maximum atomic E-state index is 13.7. The van der Waals surface area contributed by atoms with Gasteiger partial charge in [-0.25, -0.2) is 0 Å². The standard InChI is InChI=1S/C51H83N3O16/c1-31-19-16-14-12-10-8-6-7-9-11-13-15-17-20-38(69-50-48(64)45(52)47(63)34(4)68-50)28-42-44(49(65)54-24-18-23-53-5)41(60)30-51(66,70-42)29-37(57)26-40(59)39(58)22-21-35(55)25-36(56)27-43(61)67-33(3)32(2)46(31)62/h6-17,19-20,31-42,44-48,50,53,55-60,62-64,66H,18,21-30,52H2,1-5H3,(H,54,65)/b7-6+,10-8+,11-9+,14-12+,15-13+,19-16+,20-17+/t31-,32-,33-,34+,35?,36?,37?,38?,39?,40?,41-,42-,44?,45-,46?,47?,48-,50-,51?/m0/s1. The van der Waals surface area contributed by atoms with Gasteiger partial charge >= 0.3 is 5.97 Å². The molecule has 3 aliphatic rings. The summed E-state index contributed by atoms with van der Waals surface area (Å²) < 4.78 is 23.7. The predicted octanol–water partition coefficient (Wildman–Crippen LogP) is 0.353. The first-order valence-electron chi connectivity index (χ1n) is 24.6. The highest BCUT2D eigenvalue weighted by Crippen LogP contribution is 2.38. The Morgan fingerprint density at radius 2 is 1.30 bits per heavy atom. The van der Waals surface area contributed by atoms with E-state index in [0.717, 1.165) is 0 Å². The van der Waals surface area contributed by atoms with E-state index in [2.05, 4.69) is 10.6 Å². The number of esters is 1. The molecule has 10 unspecified atom stereocenters. The molecule has 3 aliphatic heterocycles. The first kappa shape index (κ1) is 60.8. The molecule has 3 rings (SSSR count). The quantitative estimate of drug-likeness (QED) is 0.121. The number of fused-ring (bicyclic) bond motifs is 2. The molecule has 3 heterocycles. The lowest BCUT2D eigenvalue weighted by molar-refractivity contribution is -0.307. The van der Waals surface area contributed by atoms with Gasteiger partial charge in [0.25, 0.3) is 0 Å². The van der Waals surface area contributed by atoms with Crippen LogP contribution in [0.2, 0.25) is 0 Å². The van der Waals surface area contributed by atoms with Crippen LogP contribution in [0, 0.1) is 17.8 Å². The second-order valence-corrected chi connectivity index (χ2v) is 19.0. The molecular weight excluding hydrogens is 911 g/mol. The number of hydrogen-bond donors (Lipinski definition) is 13. The van der Waals surface area contributed by atoms with Crippen molar-refractivity contribution in [2.75, 3.05) is 20.1 Å². The van der Waals surface area contributed by atoms with Crippen LogP contribution < -0.4 is 16.4 Å². The number of carbonyl (C=O) groups excluding carboxylic acids is 2. The monoisotopic (exact) mass is 994 g/mol. The zero-order valence-electron chi connectivity index (χ0n) is 41.3. The normalized spacial score (nSPS) is 43.1. The highest BCUT2D eigenvalue weighted by atomic mass is 16.7. The highest BCUT2D eigenvalue weighted by molar-refractivity contribution is 5.80. The van der Waals surface area contributed by atoms with Crippen LogP contribution in [0.3, 0.4) is 0 Å². The summed E-state index contributed by atoms with van der Waals surface area (Å²) >= 11 is 0. The van der Waals surface area contributed by atoms with E-state index in [9.17, 15) is 60.7 Å². The van der Waals surface area contributed by atoms with E-state index in [1.165, 1.54) is 0 Å². The minimum Gasteiger partial charge on any atom is -0.462 e. The molecule has 19 nitrogen and oxygen atoms in total. The number of rotatable bonds is 7. The minimum absolute atomic E-state index is 0.0914. The van der Waals surface area contributed by atoms with Gasteiger partial charge in [0.1, 0.15) is 12.2 Å². The summed E-state index contributed by atoms with van der Waals surface area (Å²) in [4.78, 5) is 26.4. The lowest BCUT2D eigenvalue weighted by atomic mass is 9.82. The summed E-state index contributed by atoms with van der Waals surface area (Å²) in [6, 6.07) is -1.13. The molecule has 2 bridgehead atoms. The van der Waals surface area contributed by atoms with Crippen LogP contribution in [0.5, 0.6) is 0 Å². The predicted molar refractivity (Wildman–Crippen MR) is 261 cm³/mol. The van der Waals surface area contributed by atoms with Crippen molar-refractivity contribution >= 4 is 11.9 Å². The maximum absolute atomic E-state index is 13.7. The molecule has 2 saturated heterocycles. The molecule has 0 aromatic heterocycles. The molecule has 0 aromatic carbocycles. The van der Waals surface area contributed by atoms with E-state index in [4.69, 9.17) is 24.7 Å². The van der Waals surface area contributed by atoms with Gasteiger partial charge in [-0.05, 0) is 53.1 Å². The second-order valence-electron chi connectivity index (χ2n) is 19.0. The molecule has 70 heavy (non-hydrogen) atoms. The van der Waals surface area contributed by atoms with Crippen LogP contribution in [0.1, 0.15) is 85.5 Å². The van der Waals surface area contributed by atoms with E-state index < -0.39 is 147 Å². The lowest BCUT2D eigenvalue weighted by Gasteiger charge is -2.46. The molecule has 0 spiro atoms. The number of cyclic esters (lactones) is 1. The number of nitrogens with one attached hydrogen (secondary N) is 2. The number of aliphatic hydroxyl groups excluding tert-OH is 9. The Balaban J connectivity index is 1.92. The van der Waals surface area contributed by atoms with Crippen molar-refractivity contribution in [1.29, 1.82) is 0 Å². The summed E-state index contributed by atoms with van der Waals surface area (Å²) in [5, 5.41) is 116. The Bertz CT molecular complexity index is 1760. The van der Waals surface area contributed by atoms with Crippen LogP contribution in [0.15, 0.2) is 85.1 Å². The number of nitrogens with two attached hydrogens (primary N) is 1. The van der Waals surface area contributed by atoms with Gasteiger partial charge in [-0.2, -0.15) is 0 Å². The molecule has 0 radical (unpaired) electrons. The SMILES string of the molecule is CNCCCNC(=O)C1[C@@H]2CC(O[C@@H]3O[C@H](C)C(O)[C@H](N)[C@@H]3O)/C=C/C=C/C=C/C=C/C=C/C=C/C=C/[C@H](C)C(O)[C@@H](C)[C@H](C)OC(=O)CC(O)CC(O)CCC(O)C(O)CC(O)CC(O)(C[C@@H]1O)O2. The molecule has 2 fully saturated rings. The van der Waals surface area contributed by atoms with Crippen molar-refractivity contribution < 1.29 is 79.6 Å². The third-order valence-electron chi connectivity index (χ3n) is 12.9. The lowest BCUT2D eigenvalue weighted by Crippen LogP contribution is -2.62. The number of ether oxygens (including phenoxy) is 4. The molecule has 0 saturated carbocycles. The van der Waals surface area contributed by atoms with Crippen LogP contribution in [-0.2, 0) is 28.5 Å². The van der Waals surface area contributed by atoms with Gasteiger partial charge in [0, 0.05) is 44.1 Å². The van der Waals surface area contributed by atoms with E-state index in [1.54, 1.807) is 70.4 Å². The van der Waals surface area contributed by atoms with Crippen molar-refractivity contribution in [1.82, 2.24) is 10.6 Å². The summed E-state index contributed by atoms with van der Waals surface area (Å²) in [7, 11) is 1.77. The van der Waals surface area contributed by atoms with Crippen LogP contribution in [0.25, 0.3) is 0 Å². The van der Waals surface area contributed by atoms with E-state index >= 15 is 0 Å². The van der Waals surface area contributed by atoms with Crippen molar-refractivity contribution in [2.24, 2.45) is 23.5 Å².